The molecular weight excluding hydrogens is 360 g/mol. The quantitative estimate of drug-likeness (QED) is 0.431. The number of carbonyl (C=O) groups excluding carboxylic acids is 3. The Kier molecular flexibility index (Phi) is 7.12. The third-order valence-electron chi connectivity index (χ3n) is 3.28. The molecule has 1 fully saturated rings. The summed E-state index contributed by atoms with van der Waals surface area (Å²) in [6.07, 6.45) is -0.601. The molecule has 8 nitrogen and oxygen atoms in total. The Morgan fingerprint density at radius 1 is 1.50 bits per heavy atom. The van der Waals surface area contributed by atoms with Crippen LogP contribution in [0.15, 0.2) is 23.9 Å². The predicted octanol–water partition coefficient (Wildman–Crippen LogP) is 1.15. The Labute approximate surface area is 149 Å². The number of β-lactam (4-membered cyclic amide) rings is 1. The summed E-state index contributed by atoms with van der Waals surface area (Å²) >= 11 is 1.45. The van der Waals surface area contributed by atoms with Crippen LogP contribution in [0, 0.1) is 0 Å². The number of halogens is 1. The van der Waals surface area contributed by atoms with E-state index >= 15 is 0 Å². The molecule has 2 aliphatic heterocycles. The summed E-state index contributed by atoms with van der Waals surface area (Å²) in [4.78, 5) is 36.8. The van der Waals surface area contributed by atoms with Gasteiger partial charge in [-0.3, -0.25) is 9.69 Å². The Bertz CT molecular complexity index is 582. The summed E-state index contributed by atoms with van der Waals surface area (Å²) in [7, 11) is 0. The van der Waals surface area contributed by atoms with Crippen molar-refractivity contribution in [2.45, 2.75) is 31.6 Å². The van der Waals surface area contributed by atoms with Crippen LogP contribution >= 0.6 is 24.2 Å². The van der Waals surface area contributed by atoms with Gasteiger partial charge in [0.05, 0.1) is 6.61 Å². The molecular formula is C14H19ClN2O6S. The van der Waals surface area contributed by atoms with Crippen LogP contribution < -0.4 is 5.73 Å². The van der Waals surface area contributed by atoms with E-state index in [1.54, 1.807) is 6.92 Å². The lowest BCUT2D eigenvalue weighted by molar-refractivity contribution is -0.168. The second kappa shape index (κ2) is 8.41. The van der Waals surface area contributed by atoms with E-state index in [-0.39, 0.29) is 36.0 Å². The zero-order chi connectivity index (χ0) is 17.1. The fraction of sp³-hybridized carbons (Fsp3) is 0.500. The molecule has 0 radical (unpaired) electrons. The maximum absolute atomic E-state index is 12.4. The van der Waals surface area contributed by atoms with Gasteiger partial charge in [-0.25, -0.2) is 9.59 Å². The van der Waals surface area contributed by atoms with Crippen LogP contribution in [0.2, 0.25) is 0 Å². The molecule has 24 heavy (non-hydrogen) atoms. The first-order valence-electron chi connectivity index (χ1n) is 7.00. The normalized spacial score (nSPS) is 23.3. The molecule has 2 N–H and O–H groups in total. The molecule has 1 amide bonds. The maximum Gasteiger partial charge on any atom is 0.511 e. The highest BCUT2D eigenvalue weighted by Crippen LogP contribution is 2.40. The summed E-state index contributed by atoms with van der Waals surface area (Å²) in [6.45, 7) is 6.79. The third kappa shape index (κ3) is 3.85. The van der Waals surface area contributed by atoms with Crippen LogP contribution in [0.1, 0.15) is 13.8 Å². The Morgan fingerprint density at radius 2 is 2.17 bits per heavy atom. The second-order valence-electron chi connectivity index (χ2n) is 4.79. The van der Waals surface area contributed by atoms with Gasteiger partial charge in [-0.05, 0) is 12.5 Å². The molecule has 0 aromatic rings. The standard InChI is InChI=1S/C14H18N2O6S.ClH/c1-4-8-6-23-12-9(15)11(17)16(12)10(8)13(18)21-7(3)22-14(19)20-5-2;/h4,7,9,12H,1,5-6,15H2,2-3H3;1H/t7?,9?,12-;/m1./s1. The van der Waals surface area contributed by atoms with Crippen molar-refractivity contribution in [3.05, 3.63) is 23.9 Å². The van der Waals surface area contributed by atoms with Crippen molar-refractivity contribution in [2.24, 2.45) is 5.73 Å². The number of nitrogens with zero attached hydrogens (tertiary/aromatic N) is 1. The van der Waals surface area contributed by atoms with E-state index in [1.807, 2.05) is 0 Å². The molecule has 134 valence electrons. The summed E-state index contributed by atoms with van der Waals surface area (Å²) in [5.74, 6) is -0.641. The van der Waals surface area contributed by atoms with Crippen molar-refractivity contribution in [1.82, 2.24) is 4.90 Å². The lowest BCUT2D eigenvalue weighted by Gasteiger charge is -2.48. The van der Waals surface area contributed by atoms with Gasteiger partial charge in [0.25, 0.3) is 0 Å². The first-order valence-corrected chi connectivity index (χ1v) is 8.05. The predicted molar refractivity (Wildman–Crippen MR) is 89.2 cm³/mol. The maximum atomic E-state index is 12.4. The van der Waals surface area contributed by atoms with Crippen LogP contribution in [0.25, 0.3) is 0 Å². The minimum absolute atomic E-state index is 0. The molecule has 0 aromatic carbocycles. The van der Waals surface area contributed by atoms with Crippen LogP contribution in [-0.4, -0.2) is 53.0 Å². The Balaban J connectivity index is 0.00000288. The first kappa shape index (κ1) is 20.3. The van der Waals surface area contributed by atoms with Gasteiger partial charge >= 0.3 is 12.1 Å². The molecule has 3 atom stereocenters. The highest BCUT2D eigenvalue weighted by atomic mass is 35.5. The molecule has 2 rings (SSSR count). The monoisotopic (exact) mass is 378 g/mol. The first-order chi connectivity index (χ1) is 10.9. The van der Waals surface area contributed by atoms with E-state index in [9.17, 15) is 14.4 Å². The third-order valence-corrected chi connectivity index (χ3v) is 4.60. The number of carbonyl (C=O) groups is 3. The molecule has 1 saturated heterocycles. The van der Waals surface area contributed by atoms with E-state index < -0.39 is 24.5 Å². The van der Waals surface area contributed by atoms with Crippen molar-refractivity contribution in [2.75, 3.05) is 12.4 Å². The van der Waals surface area contributed by atoms with Gasteiger partial charge in [-0.2, -0.15) is 0 Å². The number of fused-ring (bicyclic) bond motifs is 1. The van der Waals surface area contributed by atoms with Gasteiger partial charge in [0.15, 0.2) is 0 Å². The van der Waals surface area contributed by atoms with E-state index in [4.69, 9.17) is 15.2 Å². The molecule has 0 aliphatic carbocycles. The summed E-state index contributed by atoms with van der Waals surface area (Å²) in [6, 6.07) is -0.637. The van der Waals surface area contributed by atoms with Crippen LogP contribution in [0.4, 0.5) is 4.79 Å². The van der Waals surface area contributed by atoms with Gasteiger partial charge in [0, 0.05) is 12.7 Å². The summed E-state index contributed by atoms with van der Waals surface area (Å²) < 4.78 is 14.4. The lowest BCUT2D eigenvalue weighted by Crippen LogP contribution is -2.68. The van der Waals surface area contributed by atoms with Crippen molar-refractivity contribution in [1.29, 1.82) is 0 Å². The molecule has 0 spiro atoms. The van der Waals surface area contributed by atoms with Gasteiger partial charge in [0.2, 0.25) is 12.2 Å². The molecule has 2 aliphatic rings. The number of esters is 1. The van der Waals surface area contributed by atoms with E-state index in [1.165, 1.54) is 29.7 Å². The molecule has 0 aromatic heterocycles. The average Bonchev–Trinajstić information content (AvgIpc) is 2.52. The zero-order valence-corrected chi connectivity index (χ0v) is 14.9. The molecule has 10 heteroatoms. The average molecular weight is 379 g/mol. The van der Waals surface area contributed by atoms with E-state index in [0.717, 1.165) is 0 Å². The van der Waals surface area contributed by atoms with Gasteiger partial charge in [-0.1, -0.05) is 12.7 Å². The van der Waals surface area contributed by atoms with Crippen LogP contribution in [-0.2, 0) is 23.8 Å². The van der Waals surface area contributed by atoms with Crippen molar-refractivity contribution < 1.29 is 28.6 Å². The van der Waals surface area contributed by atoms with Crippen LogP contribution in [0.5, 0.6) is 0 Å². The van der Waals surface area contributed by atoms with E-state index in [2.05, 4.69) is 11.3 Å². The topological polar surface area (TPSA) is 108 Å². The van der Waals surface area contributed by atoms with Crippen molar-refractivity contribution >= 4 is 42.2 Å². The number of thioether (sulfide) groups is 1. The molecule has 2 heterocycles. The molecule has 0 saturated carbocycles. The Morgan fingerprint density at radius 3 is 2.75 bits per heavy atom. The number of hydrogen-bond acceptors (Lipinski definition) is 8. The molecule has 0 bridgehead atoms. The highest BCUT2D eigenvalue weighted by Gasteiger charge is 2.51. The summed E-state index contributed by atoms with van der Waals surface area (Å²) in [5.41, 5.74) is 6.39. The van der Waals surface area contributed by atoms with Gasteiger partial charge < -0.3 is 19.9 Å². The SMILES string of the molecule is C=CC1=C(C(=O)OC(C)OC(=O)OCC)N2C(=O)C(N)[C@H]2SC1.Cl. The number of allylic oxidation sites excluding steroid dienone is 1. The number of ether oxygens (including phenoxy) is 3. The smallest absolute Gasteiger partial charge is 0.435 e. The zero-order valence-electron chi connectivity index (χ0n) is 13.2. The molecule has 2 unspecified atom stereocenters. The summed E-state index contributed by atoms with van der Waals surface area (Å²) in [5, 5.41) is -0.296. The lowest BCUT2D eigenvalue weighted by atomic mass is 10.0. The fourth-order valence-corrected chi connectivity index (χ4v) is 3.49. The largest absolute Gasteiger partial charge is 0.511 e. The Hall–Kier alpha value is -1.71. The van der Waals surface area contributed by atoms with Crippen molar-refractivity contribution in [3.63, 3.8) is 0 Å². The number of hydrogen-bond donors (Lipinski definition) is 1. The number of rotatable bonds is 5. The number of amides is 1. The van der Waals surface area contributed by atoms with Crippen molar-refractivity contribution in [3.8, 4) is 0 Å². The highest BCUT2D eigenvalue weighted by molar-refractivity contribution is 8.00. The van der Waals surface area contributed by atoms with Gasteiger partial charge in [0.1, 0.15) is 17.1 Å². The van der Waals surface area contributed by atoms with Gasteiger partial charge in [-0.15, -0.1) is 24.2 Å². The fourth-order valence-electron chi connectivity index (χ4n) is 2.20. The second-order valence-corrected chi connectivity index (χ2v) is 5.89. The number of nitrogens with two attached hydrogens (primary N) is 1. The minimum Gasteiger partial charge on any atom is -0.435 e. The van der Waals surface area contributed by atoms with E-state index in [0.29, 0.717) is 11.3 Å². The minimum atomic E-state index is -1.15. The van der Waals surface area contributed by atoms with Crippen LogP contribution in [0.3, 0.4) is 0 Å².